The van der Waals surface area contributed by atoms with Crippen molar-refractivity contribution in [3.8, 4) is 0 Å². The molecular formula is C23H37N. The van der Waals surface area contributed by atoms with Gasteiger partial charge in [-0.15, -0.1) is 0 Å². The molecule has 0 saturated carbocycles. The topological polar surface area (TPSA) is 15.8 Å². The van der Waals surface area contributed by atoms with Gasteiger partial charge in [-0.1, -0.05) is 103 Å². The van der Waals surface area contributed by atoms with E-state index in [4.69, 9.17) is 0 Å². The summed E-state index contributed by atoms with van der Waals surface area (Å²) >= 11 is 0. The van der Waals surface area contributed by atoms with Gasteiger partial charge in [0.05, 0.1) is 0 Å². The monoisotopic (exact) mass is 327 g/mol. The maximum Gasteiger partial charge on any atom is 0.0456 e. The van der Waals surface area contributed by atoms with Crippen molar-refractivity contribution in [1.82, 2.24) is 4.98 Å². The molecule has 0 aliphatic heterocycles. The largest absolute Gasteiger partial charge is 0.361 e. The highest BCUT2D eigenvalue weighted by Gasteiger charge is 2.12. The summed E-state index contributed by atoms with van der Waals surface area (Å²) in [6, 6.07) is 8.76. The third-order valence-corrected chi connectivity index (χ3v) is 5.37. The van der Waals surface area contributed by atoms with Gasteiger partial charge < -0.3 is 4.98 Å². The summed E-state index contributed by atoms with van der Waals surface area (Å²) in [4.78, 5) is 3.45. The van der Waals surface area contributed by atoms with Gasteiger partial charge in [-0.05, 0) is 24.0 Å². The smallest absolute Gasteiger partial charge is 0.0456 e. The highest BCUT2D eigenvalue weighted by atomic mass is 14.7. The first-order valence-corrected chi connectivity index (χ1v) is 10.4. The van der Waals surface area contributed by atoms with Crippen molar-refractivity contribution in [3.63, 3.8) is 0 Å². The van der Waals surface area contributed by atoms with Crippen molar-refractivity contribution < 1.29 is 0 Å². The summed E-state index contributed by atoms with van der Waals surface area (Å²) in [6.07, 6.45) is 18.9. The number of fused-ring (bicyclic) bond motifs is 1. The third-order valence-electron chi connectivity index (χ3n) is 5.37. The van der Waals surface area contributed by atoms with E-state index >= 15 is 0 Å². The van der Waals surface area contributed by atoms with Crippen molar-refractivity contribution in [1.29, 1.82) is 0 Å². The number of aromatic amines is 1. The molecule has 0 bridgehead atoms. The van der Waals surface area contributed by atoms with Crippen LogP contribution < -0.4 is 0 Å². The number of hydrogen-bond acceptors (Lipinski definition) is 0. The second-order valence-corrected chi connectivity index (χ2v) is 7.48. The molecule has 0 saturated heterocycles. The molecule has 1 atom stereocenters. The van der Waals surface area contributed by atoms with Crippen LogP contribution in [0.25, 0.3) is 10.9 Å². The first-order chi connectivity index (χ1) is 11.8. The predicted octanol–water partition coefficient (Wildman–Crippen LogP) is 7.66. The zero-order chi connectivity index (χ0) is 17.0. The molecule has 0 spiro atoms. The minimum atomic E-state index is 0.864. The van der Waals surface area contributed by atoms with E-state index < -0.39 is 0 Å². The molecule has 0 unspecified atom stereocenters. The van der Waals surface area contributed by atoms with Gasteiger partial charge in [0.15, 0.2) is 0 Å². The Balaban J connectivity index is 1.88. The Labute approximate surface area is 149 Å². The number of rotatable bonds is 13. The van der Waals surface area contributed by atoms with Gasteiger partial charge in [0.1, 0.15) is 0 Å². The van der Waals surface area contributed by atoms with Crippen molar-refractivity contribution >= 4 is 10.9 Å². The highest BCUT2D eigenvalue weighted by molar-refractivity contribution is 5.83. The van der Waals surface area contributed by atoms with Crippen LogP contribution in [0.3, 0.4) is 0 Å². The van der Waals surface area contributed by atoms with Crippen LogP contribution in [0, 0.1) is 5.92 Å². The van der Waals surface area contributed by atoms with Crippen molar-refractivity contribution in [3.05, 3.63) is 36.0 Å². The molecule has 0 radical (unpaired) electrons. The van der Waals surface area contributed by atoms with Crippen LogP contribution in [0.5, 0.6) is 0 Å². The van der Waals surface area contributed by atoms with E-state index in [-0.39, 0.29) is 0 Å². The van der Waals surface area contributed by atoms with E-state index in [1.54, 1.807) is 0 Å². The minimum absolute atomic E-state index is 0.864. The zero-order valence-electron chi connectivity index (χ0n) is 15.9. The van der Waals surface area contributed by atoms with Crippen LogP contribution in [0.15, 0.2) is 30.5 Å². The summed E-state index contributed by atoms with van der Waals surface area (Å²) < 4.78 is 0. The molecule has 0 amide bonds. The number of H-pyrrole nitrogens is 1. The number of benzene rings is 1. The molecule has 1 heterocycles. The molecule has 1 nitrogen and oxygen atoms in total. The standard InChI is InChI=1S/C23H37N/c1-3-5-7-9-11-15-20(14-10-8-6-4-2)18-21-19-24-23-17-13-12-16-22(21)23/h12-13,16-17,19-20,24H,3-11,14-15,18H2,1-2H3/t20-/m1/s1. The van der Waals surface area contributed by atoms with Gasteiger partial charge in [0.2, 0.25) is 0 Å². The van der Waals surface area contributed by atoms with Gasteiger partial charge in [-0.25, -0.2) is 0 Å². The summed E-state index contributed by atoms with van der Waals surface area (Å²) in [5, 5.41) is 1.43. The molecule has 2 aromatic rings. The van der Waals surface area contributed by atoms with Gasteiger partial charge in [0.25, 0.3) is 0 Å². The lowest BCUT2D eigenvalue weighted by molar-refractivity contribution is 0.403. The summed E-state index contributed by atoms with van der Waals surface area (Å²) in [7, 11) is 0. The number of para-hydroxylation sites is 1. The molecule has 0 aliphatic rings. The molecule has 1 heteroatoms. The number of nitrogens with one attached hydrogen (secondary N) is 1. The highest BCUT2D eigenvalue weighted by Crippen LogP contribution is 2.26. The average molecular weight is 328 g/mol. The lowest BCUT2D eigenvalue weighted by atomic mass is 9.88. The lowest BCUT2D eigenvalue weighted by Gasteiger charge is -2.17. The maximum absolute atomic E-state index is 3.45. The number of hydrogen-bond donors (Lipinski definition) is 1. The Hall–Kier alpha value is -1.24. The predicted molar refractivity (Wildman–Crippen MR) is 108 cm³/mol. The molecular weight excluding hydrogens is 290 g/mol. The Bertz CT molecular complexity index is 554. The van der Waals surface area contributed by atoms with Crippen LogP contribution in [0.4, 0.5) is 0 Å². The fourth-order valence-electron chi connectivity index (χ4n) is 3.86. The minimum Gasteiger partial charge on any atom is -0.361 e. The number of unbranched alkanes of at least 4 members (excludes halogenated alkanes) is 7. The van der Waals surface area contributed by atoms with Crippen molar-refractivity contribution in [2.24, 2.45) is 5.92 Å². The Morgan fingerprint density at radius 1 is 0.792 bits per heavy atom. The van der Waals surface area contributed by atoms with Crippen LogP contribution >= 0.6 is 0 Å². The van der Waals surface area contributed by atoms with Crippen LogP contribution in [-0.2, 0) is 6.42 Å². The fourth-order valence-corrected chi connectivity index (χ4v) is 3.86. The Morgan fingerprint density at radius 3 is 2.12 bits per heavy atom. The van der Waals surface area contributed by atoms with E-state index in [2.05, 4.69) is 49.3 Å². The average Bonchev–Trinajstić information content (AvgIpc) is 3.01. The van der Waals surface area contributed by atoms with E-state index in [0.717, 1.165) is 5.92 Å². The SMILES string of the molecule is CCCCCCC[C@@H](CCCCCC)Cc1c[nH]c2ccccc12. The van der Waals surface area contributed by atoms with Crippen molar-refractivity contribution in [2.75, 3.05) is 0 Å². The first-order valence-electron chi connectivity index (χ1n) is 10.4. The second-order valence-electron chi connectivity index (χ2n) is 7.48. The summed E-state index contributed by atoms with van der Waals surface area (Å²) in [6.45, 7) is 4.60. The van der Waals surface area contributed by atoms with Gasteiger partial charge in [-0.3, -0.25) is 0 Å². The molecule has 24 heavy (non-hydrogen) atoms. The second kappa shape index (κ2) is 11.3. The molecule has 1 aromatic heterocycles. The van der Waals surface area contributed by atoms with Crippen molar-refractivity contribution in [2.45, 2.75) is 90.9 Å². The van der Waals surface area contributed by atoms with E-state index in [1.165, 1.54) is 93.5 Å². The molecule has 1 N–H and O–H groups in total. The fraction of sp³-hybridized carbons (Fsp3) is 0.652. The molecule has 1 aromatic carbocycles. The number of aromatic nitrogens is 1. The van der Waals surface area contributed by atoms with Crippen LogP contribution in [0.1, 0.15) is 90.0 Å². The van der Waals surface area contributed by atoms with E-state index in [9.17, 15) is 0 Å². The normalized spacial score (nSPS) is 12.8. The molecule has 134 valence electrons. The van der Waals surface area contributed by atoms with E-state index in [1.807, 2.05) is 0 Å². The summed E-state index contributed by atoms with van der Waals surface area (Å²) in [5.41, 5.74) is 2.82. The van der Waals surface area contributed by atoms with Crippen LogP contribution in [0.2, 0.25) is 0 Å². The maximum atomic E-state index is 3.45. The summed E-state index contributed by atoms with van der Waals surface area (Å²) in [5.74, 6) is 0.864. The first kappa shape index (κ1) is 19.1. The quantitative estimate of drug-likeness (QED) is 0.363. The van der Waals surface area contributed by atoms with Gasteiger partial charge in [0, 0.05) is 17.1 Å². The lowest BCUT2D eigenvalue weighted by Crippen LogP contribution is -2.05. The van der Waals surface area contributed by atoms with Crippen LogP contribution in [-0.4, -0.2) is 4.98 Å². The molecule has 2 rings (SSSR count). The van der Waals surface area contributed by atoms with E-state index in [0.29, 0.717) is 0 Å². The van der Waals surface area contributed by atoms with Gasteiger partial charge in [-0.2, -0.15) is 0 Å². The van der Waals surface area contributed by atoms with Gasteiger partial charge >= 0.3 is 0 Å². The Morgan fingerprint density at radius 2 is 1.42 bits per heavy atom. The zero-order valence-corrected chi connectivity index (χ0v) is 15.9. The molecule has 0 aliphatic carbocycles. The molecule has 0 fully saturated rings. The Kier molecular flexibility index (Phi) is 9.02. The third kappa shape index (κ3) is 6.34.